The first-order chi connectivity index (χ1) is 21.7. The van der Waals surface area contributed by atoms with Crippen LogP contribution in [0.1, 0.15) is 67.2 Å². The third kappa shape index (κ3) is 14.4. The minimum absolute atomic E-state index is 0.246. The van der Waals surface area contributed by atoms with Crippen LogP contribution in [0.3, 0.4) is 0 Å². The Morgan fingerprint density at radius 2 is 1.30 bits per heavy atom. The molecule has 19 heteroatoms. The number of hydrogen-bond donors (Lipinski definition) is 9. The molecule has 0 unspecified atom stereocenters. The van der Waals surface area contributed by atoms with Crippen molar-refractivity contribution in [2.45, 2.75) is 109 Å². The lowest BCUT2D eigenvalue weighted by molar-refractivity contribution is -0.161. The number of carboxylic acid groups (broad SMARTS) is 1. The van der Waals surface area contributed by atoms with Gasteiger partial charge < -0.3 is 47.8 Å². The molecule has 0 aliphatic carbocycles. The molecule has 47 heavy (non-hydrogen) atoms. The number of alkyl halides is 2. The van der Waals surface area contributed by atoms with Crippen molar-refractivity contribution >= 4 is 47.2 Å². The van der Waals surface area contributed by atoms with Gasteiger partial charge in [0.25, 0.3) is 5.91 Å². The summed E-state index contributed by atoms with van der Waals surface area (Å²) in [4.78, 5) is 97.8. The number of rotatable bonds is 21. The normalized spacial score (nSPS) is 15.7. The molecule has 0 aromatic heterocycles. The second-order valence-corrected chi connectivity index (χ2v) is 11.1. The Morgan fingerprint density at radius 1 is 0.766 bits per heavy atom. The zero-order valence-corrected chi connectivity index (χ0v) is 27.3. The SMILES string of the molecule is CC[C@H](C)[C@H](NC(=O)[C@H](CCCCN)NC(C)=O)C(=O)N[C@H](C(=O)N[C@@H](C)C(=O)N[C@@H](C)C(=O)C(F)(F)C(=O)NCC(=O)O)[C@@H](C)O. The van der Waals surface area contributed by atoms with Gasteiger partial charge in [-0.1, -0.05) is 20.3 Å². The van der Waals surface area contributed by atoms with E-state index in [-0.39, 0.29) is 6.42 Å². The molecule has 0 aliphatic heterocycles. The minimum Gasteiger partial charge on any atom is -0.480 e. The first-order valence-electron chi connectivity index (χ1n) is 15.0. The first kappa shape index (κ1) is 42.7. The predicted octanol–water partition coefficient (Wildman–Crippen LogP) is -2.57. The quantitative estimate of drug-likeness (QED) is 0.0449. The molecule has 6 amide bonds. The Balaban J connectivity index is 5.63. The van der Waals surface area contributed by atoms with E-state index < -0.39 is 102 Å². The zero-order valence-electron chi connectivity index (χ0n) is 27.3. The van der Waals surface area contributed by atoms with Crippen molar-refractivity contribution in [2.24, 2.45) is 11.7 Å². The van der Waals surface area contributed by atoms with Crippen molar-refractivity contribution in [1.82, 2.24) is 31.9 Å². The van der Waals surface area contributed by atoms with Crippen LogP contribution in [0.2, 0.25) is 0 Å². The second-order valence-electron chi connectivity index (χ2n) is 11.1. The largest absolute Gasteiger partial charge is 0.480 e. The molecule has 0 saturated carbocycles. The third-order valence-corrected chi connectivity index (χ3v) is 7.00. The number of carboxylic acids is 1. The number of carbonyl (C=O) groups is 8. The van der Waals surface area contributed by atoms with E-state index in [1.54, 1.807) is 13.8 Å². The van der Waals surface area contributed by atoms with E-state index in [9.17, 15) is 52.2 Å². The van der Waals surface area contributed by atoms with Crippen LogP contribution < -0.4 is 37.6 Å². The maximum absolute atomic E-state index is 14.2. The van der Waals surface area contributed by atoms with Gasteiger partial charge in [0, 0.05) is 6.92 Å². The van der Waals surface area contributed by atoms with Crippen LogP contribution in [0.5, 0.6) is 0 Å². The molecule has 17 nitrogen and oxygen atoms in total. The molecule has 0 aliphatic rings. The molecule has 0 spiro atoms. The van der Waals surface area contributed by atoms with E-state index in [0.717, 1.165) is 20.8 Å². The summed E-state index contributed by atoms with van der Waals surface area (Å²) in [5, 5.41) is 31.7. The molecule has 0 rings (SSSR count). The number of hydrogen-bond acceptors (Lipinski definition) is 10. The molecule has 0 bridgehead atoms. The highest BCUT2D eigenvalue weighted by Gasteiger charge is 2.49. The summed E-state index contributed by atoms with van der Waals surface area (Å²) in [6.07, 6.45) is 0.219. The summed E-state index contributed by atoms with van der Waals surface area (Å²) in [7, 11) is 0. The lowest BCUT2D eigenvalue weighted by atomic mass is 9.96. The van der Waals surface area contributed by atoms with Gasteiger partial charge in [-0.05, 0) is 52.5 Å². The number of unbranched alkanes of at least 4 members (excludes halogenated alkanes) is 1. The Morgan fingerprint density at radius 3 is 1.79 bits per heavy atom. The highest BCUT2D eigenvalue weighted by molar-refractivity contribution is 6.11. The fourth-order valence-electron chi connectivity index (χ4n) is 4.03. The molecule has 0 fully saturated rings. The van der Waals surface area contributed by atoms with Crippen LogP contribution >= 0.6 is 0 Å². The number of aliphatic hydroxyl groups is 1. The van der Waals surface area contributed by atoms with Gasteiger partial charge in [-0.15, -0.1) is 0 Å². The number of amides is 6. The van der Waals surface area contributed by atoms with Crippen molar-refractivity contribution < 1.29 is 57.4 Å². The lowest BCUT2D eigenvalue weighted by Crippen LogP contribution is -2.62. The molecule has 0 heterocycles. The van der Waals surface area contributed by atoms with Crippen molar-refractivity contribution in [3.8, 4) is 0 Å². The van der Waals surface area contributed by atoms with Gasteiger partial charge in [0.1, 0.15) is 30.7 Å². The summed E-state index contributed by atoms with van der Waals surface area (Å²) in [5.41, 5.74) is 5.50. The van der Waals surface area contributed by atoms with Crippen molar-refractivity contribution in [2.75, 3.05) is 13.1 Å². The fourth-order valence-corrected chi connectivity index (χ4v) is 4.03. The van der Waals surface area contributed by atoms with E-state index in [1.165, 1.54) is 12.2 Å². The number of Topliss-reactive ketones (excluding diaryl/α,β-unsaturated/α-hetero) is 1. The molecule has 268 valence electrons. The summed E-state index contributed by atoms with van der Waals surface area (Å²) < 4.78 is 28.4. The topological polar surface area (TPSA) is 275 Å². The monoisotopic (exact) mass is 679 g/mol. The maximum Gasteiger partial charge on any atom is 0.383 e. The van der Waals surface area contributed by atoms with Gasteiger partial charge in [-0.25, -0.2) is 0 Å². The number of aliphatic carboxylic acids is 1. The van der Waals surface area contributed by atoms with E-state index >= 15 is 0 Å². The van der Waals surface area contributed by atoms with Crippen LogP contribution in [-0.2, 0) is 38.4 Å². The average Bonchev–Trinajstić information content (AvgIpc) is 2.98. The number of nitrogens with two attached hydrogens (primary N) is 1. The standard InChI is InChI=1S/C28H47F2N7O10/c1-7-13(2)20(36-24(44)18(35-17(6)39)10-8-9-11-31)25(45)37-21(16(5)38)26(46)34-15(4)23(43)33-14(3)22(42)28(29,30)27(47)32-12-19(40)41/h13-16,18,20-21,38H,7-12,31H2,1-6H3,(H,32,47)(H,33,43)(H,34,46)(H,35,39)(H,36,44)(H,37,45)(H,40,41)/t13-,14-,15-,16+,18-,20-,21-/m0/s1. The van der Waals surface area contributed by atoms with Gasteiger partial charge >= 0.3 is 11.9 Å². The van der Waals surface area contributed by atoms with Gasteiger partial charge in [0.2, 0.25) is 35.3 Å². The highest BCUT2D eigenvalue weighted by atomic mass is 19.3. The third-order valence-electron chi connectivity index (χ3n) is 7.00. The molecular weight excluding hydrogens is 632 g/mol. The van der Waals surface area contributed by atoms with Crippen LogP contribution in [0.25, 0.3) is 0 Å². The summed E-state index contributed by atoms with van der Waals surface area (Å²) >= 11 is 0. The number of nitrogens with one attached hydrogen (secondary N) is 6. The van der Waals surface area contributed by atoms with Crippen molar-refractivity contribution in [3.63, 3.8) is 0 Å². The number of carbonyl (C=O) groups excluding carboxylic acids is 7. The van der Waals surface area contributed by atoms with Crippen LogP contribution in [-0.4, -0.2) is 113 Å². The van der Waals surface area contributed by atoms with Gasteiger partial charge in [0.15, 0.2) is 0 Å². The molecule has 0 saturated heterocycles. The smallest absolute Gasteiger partial charge is 0.383 e. The van der Waals surface area contributed by atoms with Gasteiger partial charge in [-0.3, -0.25) is 38.4 Å². The van der Waals surface area contributed by atoms with Crippen molar-refractivity contribution in [3.05, 3.63) is 0 Å². The van der Waals surface area contributed by atoms with E-state index in [1.807, 2.05) is 5.32 Å². The predicted molar refractivity (Wildman–Crippen MR) is 161 cm³/mol. The van der Waals surface area contributed by atoms with Gasteiger partial charge in [0.05, 0.1) is 12.1 Å². The van der Waals surface area contributed by atoms with Crippen LogP contribution in [0, 0.1) is 5.92 Å². The molecular formula is C28H47F2N7O10. The van der Waals surface area contributed by atoms with Crippen molar-refractivity contribution in [1.29, 1.82) is 0 Å². The average molecular weight is 680 g/mol. The zero-order chi connectivity index (χ0) is 36.6. The summed E-state index contributed by atoms with van der Waals surface area (Å²) in [5.74, 6) is -15.3. The second kappa shape index (κ2) is 20.1. The molecule has 0 radical (unpaired) electrons. The van der Waals surface area contributed by atoms with E-state index in [2.05, 4.69) is 21.3 Å². The number of ketones is 1. The fraction of sp³-hybridized carbons (Fsp3) is 0.714. The number of aliphatic hydroxyl groups excluding tert-OH is 1. The van der Waals surface area contributed by atoms with Crippen LogP contribution in [0.15, 0.2) is 0 Å². The Labute approximate surface area is 270 Å². The van der Waals surface area contributed by atoms with E-state index in [0.29, 0.717) is 25.8 Å². The Hall–Kier alpha value is -4.26. The highest BCUT2D eigenvalue weighted by Crippen LogP contribution is 2.17. The first-order valence-corrected chi connectivity index (χ1v) is 15.0. The van der Waals surface area contributed by atoms with Gasteiger partial charge in [-0.2, -0.15) is 8.78 Å². The summed E-state index contributed by atoms with van der Waals surface area (Å²) in [6.45, 7) is 6.93. The number of halogens is 2. The molecule has 0 aromatic carbocycles. The molecule has 10 N–H and O–H groups in total. The molecule has 7 atom stereocenters. The minimum atomic E-state index is -4.69. The maximum atomic E-state index is 14.2. The van der Waals surface area contributed by atoms with Crippen LogP contribution in [0.4, 0.5) is 8.78 Å². The lowest BCUT2D eigenvalue weighted by Gasteiger charge is -2.29. The molecule has 0 aromatic rings. The summed E-state index contributed by atoms with van der Waals surface area (Å²) in [6, 6.07) is -7.33. The van der Waals surface area contributed by atoms with E-state index in [4.69, 9.17) is 10.8 Å². The Bertz CT molecular complexity index is 1150. The Kier molecular flexibility index (Phi) is 18.3.